The lowest BCUT2D eigenvalue weighted by atomic mass is 9.86. The number of nitrogens with one attached hydrogen (secondary N) is 2. The molecule has 1 aliphatic heterocycles. The minimum atomic E-state index is -3.24. The largest absolute Gasteiger partial charge is 0.357 e. The fourth-order valence-electron chi connectivity index (χ4n) is 3.85. The van der Waals surface area contributed by atoms with E-state index in [2.05, 4.69) is 50.3 Å². The summed E-state index contributed by atoms with van der Waals surface area (Å²) >= 11 is 0. The SMILES string of the molecule is CCNC(=NCCS(=O)(=O)NCC1CCC1)N1CCC(Cc2ccccc2)C1.I. The summed E-state index contributed by atoms with van der Waals surface area (Å²) in [6.45, 7) is 5.64. The lowest BCUT2D eigenvalue weighted by Crippen LogP contribution is -2.41. The van der Waals surface area contributed by atoms with Crippen molar-refractivity contribution >= 4 is 40.0 Å². The van der Waals surface area contributed by atoms with Crippen LogP contribution in [0.2, 0.25) is 0 Å². The first kappa shape index (κ1) is 24.4. The van der Waals surface area contributed by atoms with Crippen molar-refractivity contribution in [3.05, 3.63) is 35.9 Å². The molecule has 1 aliphatic carbocycles. The molecule has 1 heterocycles. The van der Waals surface area contributed by atoms with Gasteiger partial charge < -0.3 is 10.2 Å². The van der Waals surface area contributed by atoms with Crippen molar-refractivity contribution in [2.75, 3.05) is 38.5 Å². The van der Waals surface area contributed by atoms with Gasteiger partial charge in [0.1, 0.15) is 0 Å². The second-order valence-corrected chi connectivity index (χ2v) is 9.92. The molecule has 0 aromatic heterocycles. The Morgan fingerprint density at radius 3 is 2.59 bits per heavy atom. The summed E-state index contributed by atoms with van der Waals surface area (Å²) in [5, 5.41) is 3.32. The van der Waals surface area contributed by atoms with Crippen LogP contribution in [-0.4, -0.2) is 57.8 Å². The first-order chi connectivity index (χ1) is 13.6. The summed E-state index contributed by atoms with van der Waals surface area (Å²) in [5.41, 5.74) is 1.37. The quantitative estimate of drug-likeness (QED) is 0.291. The van der Waals surface area contributed by atoms with Crippen LogP contribution in [0, 0.1) is 11.8 Å². The number of hydrogen-bond donors (Lipinski definition) is 2. The molecule has 164 valence electrons. The second-order valence-electron chi connectivity index (χ2n) is 7.99. The number of sulfonamides is 1. The van der Waals surface area contributed by atoms with Gasteiger partial charge in [-0.3, -0.25) is 4.99 Å². The first-order valence-corrected chi connectivity index (χ1v) is 12.3. The Morgan fingerprint density at radius 1 is 1.17 bits per heavy atom. The molecule has 1 saturated heterocycles. The zero-order valence-electron chi connectivity index (χ0n) is 17.3. The monoisotopic (exact) mass is 534 g/mol. The van der Waals surface area contributed by atoms with E-state index in [4.69, 9.17) is 0 Å². The number of nitrogens with zero attached hydrogens (tertiary/aromatic N) is 2. The molecule has 6 nitrogen and oxygen atoms in total. The molecule has 0 bridgehead atoms. The third-order valence-corrected chi connectivity index (χ3v) is 7.05. The molecule has 1 saturated carbocycles. The van der Waals surface area contributed by atoms with Crippen molar-refractivity contribution in [3.63, 3.8) is 0 Å². The Morgan fingerprint density at radius 2 is 1.93 bits per heavy atom. The van der Waals surface area contributed by atoms with Gasteiger partial charge in [-0.05, 0) is 50.0 Å². The summed E-state index contributed by atoms with van der Waals surface area (Å²) in [7, 11) is -3.24. The van der Waals surface area contributed by atoms with Crippen LogP contribution in [0.5, 0.6) is 0 Å². The predicted octanol–water partition coefficient (Wildman–Crippen LogP) is 2.85. The van der Waals surface area contributed by atoms with Crippen molar-refractivity contribution in [3.8, 4) is 0 Å². The number of hydrogen-bond acceptors (Lipinski definition) is 3. The molecule has 1 unspecified atom stereocenters. The summed E-state index contributed by atoms with van der Waals surface area (Å²) in [6, 6.07) is 10.6. The van der Waals surface area contributed by atoms with Crippen LogP contribution in [0.1, 0.15) is 38.2 Å². The molecule has 1 aromatic rings. The van der Waals surface area contributed by atoms with Gasteiger partial charge in [0.15, 0.2) is 5.96 Å². The van der Waals surface area contributed by atoms with E-state index in [1.807, 2.05) is 6.92 Å². The summed E-state index contributed by atoms with van der Waals surface area (Å²) in [4.78, 5) is 6.87. The molecule has 3 rings (SSSR count). The Bertz CT molecular complexity index is 738. The van der Waals surface area contributed by atoms with E-state index in [0.717, 1.165) is 51.3 Å². The third kappa shape index (κ3) is 8.05. The molecule has 0 radical (unpaired) electrons. The molecule has 29 heavy (non-hydrogen) atoms. The molecule has 2 N–H and O–H groups in total. The van der Waals surface area contributed by atoms with Gasteiger partial charge in [-0.25, -0.2) is 13.1 Å². The van der Waals surface area contributed by atoms with Gasteiger partial charge >= 0.3 is 0 Å². The van der Waals surface area contributed by atoms with Crippen LogP contribution in [0.15, 0.2) is 35.3 Å². The zero-order valence-corrected chi connectivity index (χ0v) is 20.5. The van der Waals surface area contributed by atoms with Crippen molar-refractivity contribution in [2.45, 2.75) is 39.0 Å². The highest BCUT2D eigenvalue weighted by Crippen LogP contribution is 2.25. The normalized spacial score (nSPS) is 20.2. The van der Waals surface area contributed by atoms with Gasteiger partial charge in [0.05, 0.1) is 12.3 Å². The number of likely N-dealkylation sites (tertiary alicyclic amines) is 1. The average Bonchev–Trinajstić information content (AvgIpc) is 3.08. The van der Waals surface area contributed by atoms with Crippen molar-refractivity contribution < 1.29 is 8.42 Å². The van der Waals surface area contributed by atoms with Gasteiger partial charge in [-0.2, -0.15) is 0 Å². The zero-order chi connectivity index (χ0) is 19.8. The lowest BCUT2D eigenvalue weighted by molar-refractivity contribution is 0.316. The Balaban J connectivity index is 0.00000300. The Hall–Kier alpha value is -0.870. The fraction of sp³-hybridized carbons (Fsp3) is 0.667. The molecule has 2 fully saturated rings. The van der Waals surface area contributed by atoms with E-state index in [-0.39, 0.29) is 29.7 Å². The van der Waals surface area contributed by atoms with Crippen molar-refractivity contribution in [2.24, 2.45) is 16.8 Å². The number of rotatable bonds is 9. The molecule has 2 aliphatic rings. The predicted molar refractivity (Wildman–Crippen MR) is 130 cm³/mol. The molecule has 8 heteroatoms. The number of aliphatic imine (C=N–C) groups is 1. The summed E-state index contributed by atoms with van der Waals surface area (Å²) in [6.07, 6.45) is 5.73. The Labute approximate surface area is 193 Å². The number of guanidine groups is 1. The van der Waals surface area contributed by atoms with E-state index >= 15 is 0 Å². The molecule has 0 spiro atoms. The smallest absolute Gasteiger partial charge is 0.213 e. The number of benzene rings is 1. The van der Waals surface area contributed by atoms with Gasteiger partial charge in [0.2, 0.25) is 10.0 Å². The van der Waals surface area contributed by atoms with E-state index < -0.39 is 10.0 Å². The van der Waals surface area contributed by atoms with Gasteiger partial charge in [-0.1, -0.05) is 36.8 Å². The summed E-state index contributed by atoms with van der Waals surface area (Å²) in [5.74, 6) is 2.03. The van der Waals surface area contributed by atoms with Crippen LogP contribution in [0.25, 0.3) is 0 Å². The van der Waals surface area contributed by atoms with E-state index in [1.165, 1.54) is 12.0 Å². The minimum absolute atomic E-state index is 0. The van der Waals surface area contributed by atoms with Crippen LogP contribution in [0.4, 0.5) is 0 Å². The van der Waals surface area contributed by atoms with Crippen LogP contribution in [0.3, 0.4) is 0 Å². The molecule has 1 aromatic carbocycles. The standard InChI is InChI=1S/C21H34N4O2S.HI/c1-2-22-21(23-12-14-28(26,27)24-16-19-9-6-10-19)25-13-11-20(17-25)15-18-7-4-3-5-8-18;/h3-5,7-8,19-20,24H,2,6,9-17H2,1H3,(H,22,23);1H. The fourth-order valence-corrected chi connectivity index (χ4v) is 4.82. The molecule has 1 atom stereocenters. The maximum atomic E-state index is 12.2. The van der Waals surface area contributed by atoms with Gasteiger partial charge in [0.25, 0.3) is 0 Å². The Kier molecular flexibility index (Phi) is 10.2. The maximum absolute atomic E-state index is 12.2. The second kappa shape index (κ2) is 12.1. The van der Waals surface area contributed by atoms with Crippen LogP contribution < -0.4 is 10.0 Å². The van der Waals surface area contributed by atoms with E-state index in [1.54, 1.807) is 0 Å². The molecular weight excluding hydrogens is 499 g/mol. The topological polar surface area (TPSA) is 73.8 Å². The average molecular weight is 535 g/mol. The molecular formula is C21H35IN4O2S. The van der Waals surface area contributed by atoms with E-state index in [9.17, 15) is 8.42 Å². The highest BCUT2D eigenvalue weighted by atomic mass is 127. The lowest BCUT2D eigenvalue weighted by Gasteiger charge is -2.25. The number of halogens is 1. The summed E-state index contributed by atoms with van der Waals surface area (Å²) < 4.78 is 27.1. The van der Waals surface area contributed by atoms with Crippen LogP contribution in [-0.2, 0) is 16.4 Å². The highest BCUT2D eigenvalue weighted by molar-refractivity contribution is 14.0. The van der Waals surface area contributed by atoms with Crippen molar-refractivity contribution in [1.29, 1.82) is 0 Å². The van der Waals surface area contributed by atoms with E-state index in [0.29, 0.717) is 24.9 Å². The molecule has 0 amide bonds. The van der Waals surface area contributed by atoms with Gasteiger partial charge in [-0.15, -0.1) is 24.0 Å². The van der Waals surface area contributed by atoms with Crippen molar-refractivity contribution in [1.82, 2.24) is 14.9 Å². The van der Waals surface area contributed by atoms with Gasteiger partial charge in [0, 0.05) is 26.2 Å². The minimum Gasteiger partial charge on any atom is -0.357 e. The third-order valence-electron chi connectivity index (χ3n) is 5.73. The first-order valence-electron chi connectivity index (χ1n) is 10.6. The maximum Gasteiger partial charge on any atom is 0.213 e. The highest BCUT2D eigenvalue weighted by Gasteiger charge is 2.25. The van der Waals surface area contributed by atoms with Crippen LogP contribution >= 0.6 is 24.0 Å².